The summed E-state index contributed by atoms with van der Waals surface area (Å²) in [6, 6.07) is 7.90. The summed E-state index contributed by atoms with van der Waals surface area (Å²) >= 11 is 0. The molecule has 1 N–H and O–H groups in total. The average Bonchev–Trinajstić information content (AvgIpc) is 2.42. The first-order valence-corrected chi connectivity index (χ1v) is 6.55. The van der Waals surface area contributed by atoms with Gasteiger partial charge in [0.05, 0.1) is 6.61 Å². The average molecular weight is 248 g/mol. The number of benzene rings is 1. The Balaban J connectivity index is 2.01. The van der Waals surface area contributed by atoms with Crippen LogP contribution in [0.4, 0.5) is 0 Å². The highest BCUT2D eigenvalue weighted by atomic mass is 16.7. The molecule has 1 fully saturated rings. The maximum absolute atomic E-state index is 8.77. The van der Waals surface area contributed by atoms with E-state index in [1.807, 2.05) is 36.4 Å². The van der Waals surface area contributed by atoms with Crippen LogP contribution in [0, 0.1) is 0 Å². The van der Waals surface area contributed by atoms with E-state index in [0.717, 1.165) is 37.2 Å². The molecule has 2 rings (SSSR count). The highest BCUT2D eigenvalue weighted by Gasteiger charge is 2.15. The molecule has 1 aliphatic rings. The van der Waals surface area contributed by atoms with Crippen molar-refractivity contribution in [1.82, 2.24) is 0 Å². The van der Waals surface area contributed by atoms with Crippen molar-refractivity contribution in [1.29, 1.82) is 0 Å². The van der Waals surface area contributed by atoms with E-state index in [0.29, 0.717) is 6.42 Å². The van der Waals surface area contributed by atoms with Gasteiger partial charge in [-0.3, -0.25) is 0 Å². The van der Waals surface area contributed by atoms with Gasteiger partial charge < -0.3 is 14.6 Å². The molecule has 1 aliphatic heterocycles. The van der Waals surface area contributed by atoms with Crippen molar-refractivity contribution in [2.75, 3.05) is 13.2 Å². The largest absolute Gasteiger partial charge is 0.464 e. The fraction of sp³-hybridized carbons (Fsp3) is 0.467. The number of hydrogen-bond donors (Lipinski definition) is 1. The highest BCUT2D eigenvalue weighted by molar-refractivity contribution is 5.57. The predicted molar refractivity (Wildman–Crippen MR) is 71.4 cm³/mol. The number of ether oxygens (including phenoxy) is 2. The molecule has 0 aliphatic carbocycles. The molecule has 98 valence electrons. The van der Waals surface area contributed by atoms with E-state index in [-0.39, 0.29) is 12.9 Å². The standard InChI is InChI=1S/C15H20O3/c16-11-5-3-8-13-7-1-2-9-14(13)18-15-10-4-6-12-17-15/h1-3,7-9,15-16H,4-6,10-12H2. The molecule has 0 spiro atoms. The predicted octanol–water partition coefficient (Wildman–Crippen LogP) is 2.99. The number of aliphatic hydroxyl groups is 1. The van der Waals surface area contributed by atoms with E-state index in [1.54, 1.807) is 0 Å². The van der Waals surface area contributed by atoms with Crippen molar-refractivity contribution in [3.63, 3.8) is 0 Å². The van der Waals surface area contributed by atoms with Crippen LogP contribution < -0.4 is 4.74 Å². The van der Waals surface area contributed by atoms with Crippen LogP contribution >= 0.6 is 0 Å². The second-order valence-corrected chi connectivity index (χ2v) is 4.37. The molecular formula is C15H20O3. The van der Waals surface area contributed by atoms with Gasteiger partial charge in [-0.1, -0.05) is 30.4 Å². The summed E-state index contributed by atoms with van der Waals surface area (Å²) in [4.78, 5) is 0. The lowest BCUT2D eigenvalue weighted by molar-refractivity contribution is -0.106. The van der Waals surface area contributed by atoms with E-state index >= 15 is 0 Å². The zero-order valence-corrected chi connectivity index (χ0v) is 10.5. The monoisotopic (exact) mass is 248 g/mol. The molecular weight excluding hydrogens is 228 g/mol. The molecule has 3 nitrogen and oxygen atoms in total. The lowest BCUT2D eigenvalue weighted by atomic mass is 10.1. The fourth-order valence-electron chi connectivity index (χ4n) is 1.96. The number of aliphatic hydroxyl groups excluding tert-OH is 1. The molecule has 0 amide bonds. The lowest BCUT2D eigenvalue weighted by Crippen LogP contribution is -2.25. The molecule has 0 aromatic heterocycles. The third kappa shape index (κ3) is 3.86. The summed E-state index contributed by atoms with van der Waals surface area (Å²) in [5.41, 5.74) is 1.03. The molecule has 18 heavy (non-hydrogen) atoms. The van der Waals surface area contributed by atoms with E-state index in [9.17, 15) is 0 Å². The van der Waals surface area contributed by atoms with Gasteiger partial charge in [-0.05, 0) is 25.3 Å². The van der Waals surface area contributed by atoms with E-state index in [4.69, 9.17) is 14.6 Å². The minimum Gasteiger partial charge on any atom is -0.464 e. The quantitative estimate of drug-likeness (QED) is 0.870. The molecule has 1 unspecified atom stereocenters. The second-order valence-electron chi connectivity index (χ2n) is 4.37. The van der Waals surface area contributed by atoms with E-state index < -0.39 is 0 Å². The molecule has 0 bridgehead atoms. The maximum atomic E-state index is 8.77. The van der Waals surface area contributed by atoms with Gasteiger partial charge in [0, 0.05) is 18.6 Å². The van der Waals surface area contributed by atoms with Crippen molar-refractivity contribution >= 4 is 6.08 Å². The minimum absolute atomic E-state index is 0.119. The minimum atomic E-state index is -0.119. The third-order valence-electron chi connectivity index (χ3n) is 2.91. The van der Waals surface area contributed by atoms with Crippen molar-refractivity contribution in [3.8, 4) is 5.75 Å². The highest BCUT2D eigenvalue weighted by Crippen LogP contribution is 2.24. The maximum Gasteiger partial charge on any atom is 0.199 e. The van der Waals surface area contributed by atoms with Crippen LogP contribution in [-0.2, 0) is 4.74 Å². The number of rotatable bonds is 5. The van der Waals surface area contributed by atoms with Gasteiger partial charge in [0.25, 0.3) is 0 Å². The summed E-state index contributed by atoms with van der Waals surface area (Å²) in [7, 11) is 0. The fourth-order valence-corrected chi connectivity index (χ4v) is 1.96. The Bertz CT molecular complexity index is 381. The van der Waals surface area contributed by atoms with Gasteiger partial charge in [0.2, 0.25) is 0 Å². The number of hydrogen-bond acceptors (Lipinski definition) is 3. The van der Waals surface area contributed by atoms with Gasteiger partial charge in [-0.2, -0.15) is 0 Å². The van der Waals surface area contributed by atoms with Crippen LogP contribution in [0.1, 0.15) is 31.2 Å². The van der Waals surface area contributed by atoms with Crippen LogP contribution in [0.5, 0.6) is 5.75 Å². The van der Waals surface area contributed by atoms with Crippen molar-refractivity contribution < 1.29 is 14.6 Å². The molecule has 1 heterocycles. The second kappa shape index (κ2) is 7.19. The Morgan fingerprint density at radius 3 is 3.00 bits per heavy atom. The molecule has 1 atom stereocenters. The normalized spacial score (nSPS) is 20.2. The van der Waals surface area contributed by atoms with Crippen molar-refractivity contribution in [2.24, 2.45) is 0 Å². The first-order valence-electron chi connectivity index (χ1n) is 6.55. The molecule has 0 radical (unpaired) electrons. The molecule has 1 saturated heterocycles. The van der Waals surface area contributed by atoms with Gasteiger partial charge >= 0.3 is 0 Å². The van der Waals surface area contributed by atoms with Crippen LogP contribution in [0.2, 0.25) is 0 Å². The molecule has 1 aromatic rings. The summed E-state index contributed by atoms with van der Waals surface area (Å²) in [5.74, 6) is 0.846. The number of para-hydroxylation sites is 1. The van der Waals surface area contributed by atoms with Gasteiger partial charge in [-0.25, -0.2) is 0 Å². The SMILES string of the molecule is OCCC=Cc1ccccc1OC1CCCCO1. The van der Waals surface area contributed by atoms with Gasteiger partial charge in [0.15, 0.2) is 6.29 Å². The van der Waals surface area contributed by atoms with E-state index in [1.165, 1.54) is 0 Å². The van der Waals surface area contributed by atoms with Crippen LogP contribution in [-0.4, -0.2) is 24.6 Å². The van der Waals surface area contributed by atoms with Gasteiger partial charge in [-0.15, -0.1) is 0 Å². The lowest BCUT2D eigenvalue weighted by Gasteiger charge is -2.24. The van der Waals surface area contributed by atoms with Crippen LogP contribution in [0.3, 0.4) is 0 Å². The molecule has 1 aromatic carbocycles. The topological polar surface area (TPSA) is 38.7 Å². The molecule has 3 heteroatoms. The Kier molecular flexibility index (Phi) is 5.24. The first-order chi connectivity index (χ1) is 8.90. The van der Waals surface area contributed by atoms with Crippen LogP contribution in [0.25, 0.3) is 6.08 Å². The van der Waals surface area contributed by atoms with Crippen molar-refractivity contribution in [2.45, 2.75) is 32.0 Å². The Morgan fingerprint density at radius 2 is 2.22 bits per heavy atom. The van der Waals surface area contributed by atoms with Crippen LogP contribution in [0.15, 0.2) is 30.3 Å². The smallest absolute Gasteiger partial charge is 0.199 e. The zero-order valence-electron chi connectivity index (χ0n) is 10.5. The molecule has 0 saturated carbocycles. The van der Waals surface area contributed by atoms with Gasteiger partial charge in [0.1, 0.15) is 5.75 Å². The zero-order chi connectivity index (χ0) is 12.6. The summed E-state index contributed by atoms with van der Waals surface area (Å²) in [6.07, 6.45) is 7.71. The summed E-state index contributed by atoms with van der Waals surface area (Å²) in [6.45, 7) is 0.957. The first kappa shape index (κ1) is 13.1. The Hall–Kier alpha value is -1.32. The van der Waals surface area contributed by atoms with Crippen molar-refractivity contribution in [3.05, 3.63) is 35.9 Å². The summed E-state index contributed by atoms with van der Waals surface area (Å²) < 4.78 is 11.5. The Morgan fingerprint density at radius 1 is 1.33 bits per heavy atom. The Labute approximate surface area is 108 Å². The summed E-state index contributed by atoms with van der Waals surface area (Å²) in [5, 5.41) is 8.77. The third-order valence-corrected chi connectivity index (χ3v) is 2.91. The van der Waals surface area contributed by atoms with E-state index in [2.05, 4.69) is 0 Å².